The Balaban J connectivity index is 1.63. The number of carbonyl (C=O) groups excluding carboxylic acids is 2. The molecule has 3 fully saturated rings. The summed E-state index contributed by atoms with van der Waals surface area (Å²) < 4.78 is 0. The average Bonchev–Trinajstić information content (AvgIpc) is 3.00. The van der Waals surface area contributed by atoms with E-state index >= 15 is 0 Å². The van der Waals surface area contributed by atoms with Gasteiger partial charge in [-0.25, -0.2) is 4.98 Å². The van der Waals surface area contributed by atoms with Gasteiger partial charge in [-0.2, -0.15) is 0 Å². The highest BCUT2D eigenvalue weighted by Gasteiger charge is 2.59. The maximum atomic E-state index is 13.3. The van der Waals surface area contributed by atoms with Gasteiger partial charge in [0.2, 0.25) is 11.8 Å². The first-order valence-corrected chi connectivity index (χ1v) is 9.87. The van der Waals surface area contributed by atoms with Crippen LogP contribution in [0.2, 0.25) is 0 Å². The number of thiazole rings is 1. The minimum Gasteiger partial charge on any atom is -0.342 e. The molecule has 2 atom stereocenters. The maximum Gasteiger partial charge on any atom is 0.231 e. The van der Waals surface area contributed by atoms with Crippen molar-refractivity contribution in [2.24, 2.45) is 17.3 Å². The van der Waals surface area contributed by atoms with Gasteiger partial charge in [0.15, 0.2) is 0 Å². The summed E-state index contributed by atoms with van der Waals surface area (Å²) in [6.07, 6.45) is 4.68. The quantitative estimate of drug-likeness (QED) is 0.840. The molecule has 5 nitrogen and oxygen atoms in total. The third kappa shape index (κ3) is 2.55. The van der Waals surface area contributed by atoms with Crippen molar-refractivity contribution in [2.75, 3.05) is 26.2 Å². The van der Waals surface area contributed by atoms with Crippen molar-refractivity contribution < 1.29 is 9.59 Å². The first-order chi connectivity index (χ1) is 11.5. The second kappa shape index (κ2) is 5.83. The highest BCUT2D eigenvalue weighted by molar-refractivity contribution is 7.09. The largest absolute Gasteiger partial charge is 0.342 e. The molecule has 1 aromatic rings. The fourth-order valence-electron chi connectivity index (χ4n) is 4.33. The van der Waals surface area contributed by atoms with E-state index in [4.69, 9.17) is 0 Å². The molecule has 0 radical (unpaired) electrons. The zero-order valence-electron chi connectivity index (χ0n) is 14.4. The second-order valence-corrected chi connectivity index (χ2v) is 8.89. The molecule has 0 N–H and O–H groups in total. The van der Waals surface area contributed by atoms with Crippen LogP contribution in [0.4, 0.5) is 0 Å². The Morgan fingerprint density at radius 1 is 1.46 bits per heavy atom. The molecular weight excluding hydrogens is 322 g/mol. The van der Waals surface area contributed by atoms with Crippen LogP contribution in [0.15, 0.2) is 11.6 Å². The zero-order chi connectivity index (χ0) is 16.9. The topological polar surface area (TPSA) is 53.5 Å². The number of hydrogen-bond acceptors (Lipinski definition) is 4. The Labute approximate surface area is 147 Å². The van der Waals surface area contributed by atoms with Crippen LogP contribution in [0.1, 0.15) is 44.0 Å². The molecule has 1 aliphatic carbocycles. The summed E-state index contributed by atoms with van der Waals surface area (Å²) >= 11 is 1.62. The summed E-state index contributed by atoms with van der Waals surface area (Å²) in [6.45, 7) is 7.15. The van der Waals surface area contributed by atoms with E-state index in [1.54, 1.807) is 11.3 Å². The molecule has 2 saturated heterocycles. The van der Waals surface area contributed by atoms with E-state index < -0.39 is 5.41 Å². The minimum atomic E-state index is -0.447. The maximum absolute atomic E-state index is 13.3. The number of rotatable bonds is 4. The van der Waals surface area contributed by atoms with Crippen molar-refractivity contribution in [1.82, 2.24) is 14.8 Å². The Hall–Kier alpha value is -1.43. The molecule has 3 heterocycles. The lowest BCUT2D eigenvalue weighted by atomic mass is 9.77. The van der Waals surface area contributed by atoms with E-state index in [0.717, 1.165) is 37.4 Å². The molecule has 0 aromatic carbocycles. The summed E-state index contributed by atoms with van der Waals surface area (Å²) in [6, 6.07) is 0. The molecule has 2 amide bonds. The number of nitrogens with zero attached hydrogens (tertiary/aromatic N) is 3. The van der Waals surface area contributed by atoms with E-state index in [1.807, 2.05) is 21.4 Å². The van der Waals surface area contributed by atoms with Crippen LogP contribution in [0.25, 0.3) is 0 Å². The van der Waals surface area contributed by atoms with E-state index in [9.17, 15) is 9.59 Å². The molecule has 2 aliphatic heterocycles. The number of likely N-dealkylation sites (tertiary alicyclic amines) is 2. The van der Waals surface area contributed by atoms with Gasteiger partial charge in [0.05, 0.1) is 10.4 Å². The van der Waals surface area contributed by atoms with Crippen LogP contribution in [-0.4, -0.2) is 52.8 Å². The van der Waals surface area contributed by atoms with Crippen LogP contribution < -0.4 is 0 Å². The summed E-state index contributed by atoms with van der Waals surface area (Å²) in [5.74, 6) is 1.23. The summed E-state index contributed by atoms with van der Waals surface area (Å²) in [7, 11) is 0. The van der Waals surface area contributed by atoms with Gasteiger partial charge in [-0.05, 0) is 25.2 Å². The summed E-state index contributed by atoms with van der Waals surface area (Å²) in [5, 5.41) is 2.99. The Kier molecular flexibility index (Phi) is 3.90. The third-order valence-corrected chi connectivity index (χ3v) is 6.55. The van der Waals surface area contributed by atoms with E-state index in [2.05, 4.69) is 18.8 Å². The van der Waals surface area contributed by atoms with Crippen LogP contribution >= 0.6 is 11.3 Å². The smallest absolute Gasteiger partial charge is 0.231 e. The molecule has 24 heavy (non-hydrogen) atoms. The Morgan fingerprint density at radius 2 is 2.25 bits per heavy atom. The Bertz CT molecular complexity index is 641. The molecule has 130 valence electrons. The van der Waals surface area contributed by atoms with E-state index in [-0.39, 0.29) is 23.7 Å². The van der Waals surface area contributed by atoms with Gasteiger partial charge in [0.25, 0.3) is 0 Å². The number of aromatic nitrogens is 1. The van der Waals surface area contributed by atoms with E-state index in [1.165, 1.54) is 0 Å². The zero-order valence-corrected chi connectivity index (χ0v) is 15.2. The lowest BCUT2D eigenvalue weighted by Crippen LogP contribution is -2.41. The van der Waals surface area contributed by atoms with Crippen molar-refractivity contribution >= 4 is 23.2 Å². The molecule has 3 aliphatic rings. The van der Waals surface area contributed by atoms with Gasteiger partial charge in [-0.3, -0.25) is 9.59 Å². The van der Waals surface area contributed by atoms with E-state index in [0.29, 0.717) is 19.0 Å². The van der Waals surface area contributed by atoms with Crippen LogP contribution in [-0.2, 0) is 9.59 Å². The molecule has 1 saturated carbocycles. The standard InChI is InChI=1S/C18H25N3O2S/c1-12(2)9-20-7-5-18(17(20)23)11-21(16(22)13-3-4-13)10-14(18)15-19-6-8-24-15/h6,8,12-14H,3-5,7,9-11H2,1-2H3. The SMILES string of the molecule is CC(C)CN1CCC2(CN(C(=O)C3CC3)CC2c2nccs2)C1=O. The minimum absolute atomic E-state index is 0.0601. The predicted octanol–water partition coefficient (Wildman–Crippen LogP) is 2.35. The average molecular weight is 347 g/mol. The lowest BCUT2D eigenvalue weighted by Gasteiger charge is -2.28. The van der Waals surface area contributed by atoms with Crippen molar-refractivity contribution in [3.05, 3.63) is 16.6 Å². The first-order valence-electron chi connectivity index (χ1n) is 8.99. The second-order valence-electron chi connectivity index (χ2n) is 7.97. The van der Waals surface area contributed by atoms with Gasteiger partial charge in [-0.1, -0.05) is 13.8 Å². The van der Waals surface area contributed by atoms with Gasteiger partial charge < -0.3 is 9.80 Å². The predicted molar refractivity (Wildman–Crippen MR) is 92.6 cm³/mol. The highest BCUT2D eigenvalue weighted by Crippen LogP contribution is 2.51. The van der Waals surface area contributed by atoms with Crippen molar-refractivity contribution in [3.8, 4) is 0 Å². The number of amides is 2. The Morgan fingerprint density at radius 3 is 2.88 bits per heavy atom. The summed E-state index contributed by atoms with van der Waals surface area (Å²) in [4.78, 5) is 34.4. The van der Waals surface area contributed by atoms with Crippen molar-refractivity contribution in [2.45, 2.75) is 39.0 Å². The van der Waals surface area contributed by atoms with Crippen LogP contribution in [0.5, 0.6) is 0 Å². The number of carbonyl (C=O) groups is 2. The van der Waals surface area contributed by atoms with Crippen molar-refractivity contribution in [3.63, 3.8) is 0 Å². The third-order valence-electron chi connectivity index (χ3n) is 5.66. The van der Waals surface area contributed by atoms with Crippen LogP contribution in [0.3, 0.4) is 0 Å². The van der Waals surface area contributed by atoms with Crippen molar-refractivity contribution in [1.29, 1.82) is 0 Å². The van der Waals surface area contributed by atoms with Gasteiger partial charge >= 0.3 is 0 Å². The molecule has 1 aromatic heterocycles. The van der Waals surface area contributed by atoms with Gasteiger partial charge in [-0.15, -0.1) is 11.3 Å². The highest BCUT2D eigenvalue weighted by atomic mass is 32.1. The molecule has 2 unspecified atom stereocenters. The molecule has 6 heteroatoms. The van der Waals surface area contributed by atoms with Crippen LogP contribution in [0, 0.1) is 17.3 Å². The normalized spacial score (nSPS) is 30.1. The van der Waals surface area contributed by atoms with Gasteiger partial charge in [0, 0.05) is 49.6 Å². The molecule has 4 rings (SSSR count). The monoisotopic (exact) mass is 347 g/mol. The fraction of sp³-hybridized carbons (Fsp3) is 0.722. The first kappa shape index (κ1) is 16.1. The molecule has 0 bridgehead atoms. The van der Waals surface area contributed by atoms with Gasteiger partial charge in [0.1, 0.15) is 0 Å². The summed E-state index contributed by atoms with van der Waals surface area (Å²) in [5.41, 5.74) is -0.447. The molecular formula is C18H25N3O2S. The number of hydrogen-bond donors (Lipinski definition) is 0. The fourth-order valence-corrected chi connectivity index (χ4v) is 5.18. The lowest BCUT2D eigenvalue weighted by molar-refractivity contribution is -0.137. The molecule has 1 spiro atoms.